The van der Waals surface area contributed by atoms with Gasteiger partial charge in [-0.15, -0.1) is 6.42 Å². The summed E-state index contributed by atoms with van der Waals surface area (Å²) in [5, 5.41) is 4.63. The molecule has 0 aliphatic rings. The standard InChI is InChI=1S/C16H12BrClN2O/c1-2-8-21-16-14(17)9-12(10-15(16)18)11-19-20-13-6-4-3-5-7-13/h1,3-7,9-11,20H,8H2. The average Bonchev–Trinajstić information content (AvgIpc) is 2.48. The number of ether oxygens (including phenoxy) is 1. The van der Waals surface area contributed by atoms with Gasteiger partial charge in [0, 0.05) is 0 Å². The average molecular weight is 364 g/mol. The maximum absolute atomic E-state index is 6.16. The summed E-state index contributed by atoms with van der Waals surface area (Å²) < 4.78 is 6.10. The van der Waals surface area contributed by atoms with Gasteiger partial charge in [0.1, 0.15) is 6.61 Å². The second-order valence-corrected chi connectivity index (χ2v) is 5.30. The largest absolute Gasteiger partial charge is 0.478 e. The van der Waals surface area contributed by atoms with E-state index in [4.69, 9.17) is 22.8 Å². The van der Waals surface area contributed by atoms with Gasteiger partial charge in [0.2, 0.25) is 0 Å². The molecule has 2 aromatic carbocycles. The number of halogens is 2. The van der Waals surface area contributed by atoms with Crippen LogP contribution in [0.25, 0.3) is 0 Å². The number of terminal acetylenes is 1. The molecule has 2 aromatic rings. The van der Waals surface area contributed by atoms with Crippen LogP contribution < -0.4 is 10.2 Å². The highest BCUT2D eigenvalue weighted by Gasteiger charge is 2.08. The van der Waals surface area contributed by atoms with Crippen LogP contribution >= 0.6 is 27.5 Å². The van der Waals surface area contributed by atoms with E-state index in [1.807, 2.05) is 36.4 Å². The third-order valence-corrected chi connectivity index (χ3v) is 3.37. The fourth-order valence-electron chi connectivity index (χ4n) is 1.60. The highest BCUT2D eigenvalue weighted by Crippen LogP contribution is 2.34. The first-order valence-electron chi connectivity index (χ1n) is 6.10. The van der Waals surface area contributed by atoms with Crippen LogP contribution in [0, 0.1) is 12.3 Å². The fraction of sp³-hybridized carbons (Fsp3) is 0.0625. The third kappa shape index (κ3) is 4.52. The molecule has 2 rings (SSSR count). The molecule has 0 saturated heterocycles. The fourth-order valence-corrected chi connectivity index (χ4v) is 2.59. The van der Waals surface area contributed by atoms with E-state index in [1.165, 1.54) is 0 Å². The summed E-state index contributed by atoms with van der Waals surface area (Å²) in [6.07, 6.45) is 6.84. The lowest BCUT2D eigenvalue weighted by Gasteiger charge is -2.08. The predicted octanol–water partition coefficient (Wildman–Crippen LogP) is 4.56. The lowest BCUT2D eigenvalue weighted by Crippen LogP contribution is -1.97. The topological polar surface area (TPSA) is 33.6 Å². The summed E-state index contributed by atoms with van der Waals surface area (Å²) >= 11 is 9.57. The molecule has 0 heterocycles. The summed E-state index contributed by atoms with van der Waals surface area (Å²) in [5.74, 6) is 2.93. The number of hydrogen-bond acceptors (Lipinski definition) is 3. The number of hydrazone groups is 1. The number of benzene rings is 2. The molecule has 0 amide bonds. The maximum atomic E-state index is 6.16. The molecule has 1 N–H and O–H groups in total. The molecule has 0 radical (unpaired) electrons. The molecule has 0 fully saturated rings. The van der Waals surface area contributed by atoms with Gasteiger partial charge in [-0.3, -0.25) is 5.43 Å². The number of anilines is 1. The summed E-state index contributed by atoms with van der Waals surface area (Å²) in [5.41, 5.74) is 4.68. The van der Waals surface area contributed by atoms with Crippen molar-refractivity contribution in [3.05, 3.63) is 57.5 Å². The van der Waals surface area contributed by atoms with E-state index in [2.05, 4.69) is 32.4 Å². The van der Waals surface area contributed by atoms with Crippen molar-refractivity contribution in [1.29, 1.82) is 0 Å². The van der Waals surface area contributed by atoms with Crippen molar-refractivity contribution < 1.29 is 4.74 Å². The molecule has 0 aromatic heterocycles. The number of nitrogens with zero attached hydrogens (tertiary/aromatic N) is 1. The van der Waals surface area contributed by atoms with Crippen LogP contribution in [-0.2, 0) is 0 Å². The highest BCUT2D eigenvalue weighted by atomic mass is 79.9. The van der Waals surface area contributed by atoms with Crippen molar-refractivity contribution in [2.45, 2.75) is 0 Å². The van der Waals surface area contributed by atoms with E-state index in [0.29, 0.717) is 10.8 Å². The van der Waals surface area contributed by atoms with Crippen molar-refractivity contribution in [3.8, 4) is 18.1 Å². The molecule has 5 heteroatoms. The van der Waals surface area contributed by atoms with Crippen molar-refractivity contribution >= 4 is 39.4 Å². The van der Waals surface area contributed by atoms with Crippen LogP contribution in [0.5, 0.6) is 5.75 Å². The molecule has 21 heavy (non-hydrogen) atoms. The van der Waals surface area contributed by atoms with Crippen LogP contribution in [0.1, 0.15) is 5.56 Å². The smallest absolute Gasteiger partial charge is 0.153 e. The van der Waals surface area contributed by atoms with E-state index in [0.717, 1.165) is 15.7 Å². The maximum Gasteiger partial charge on any atom is 0.153 e. The Morgan fingerprint density at radius 3 is 2.76 bits per heavy atom. The zero-order valence-electron chi connectivity index (χ0n) is 11.0. The molecule has 106 valence electrons. The van der Waals surface area contributed by atoms with Gasteiger partial charge in [0.15, 0.2) is 5.75 Å². The van der Waals surface area contributed by atoms with E-state index in [1.54, 1.807) is 12.3 Å². The van der Waals surface area contributed by atoms with Gasteiger partial charge in [-0.05, 0) is 45.8 Å². The minimum absolute atomic E-state index is 0.168. The van der Waals surface area contributed by atoms with Crippen LogP contribution in [0.2, 0.25) is 5.02 Å². The first-order valence-corrected chi connectivity index (χ1v) is 7.27. The summed E-state index contributed by atoms with van der Waals surface area (Å²) in [4.78, 5) is 0. The van der Waals surface area contributed by atoms with Gasteiger partial charge >= 0.3 is 0 Å². The van der Waals surface area contributed by atoms with Gasteiger partial charge in [-0.25, -0.2) is 0 Å². The van der Waals surface area contributed by atoms with Gasteiger partial charge in [0.25, 0.3) is 0 Å². The van der Waals surface area contributed by atoms with E-state index < -0.39 is 0 Å². The summed E-state index contributed by atoms with van der Waals surface area (Å²) in [6, 6.07) is 13.3. The summed E-state index contributed by atoms with van der Waals surface area (Å²) in [6.45, 7) is 0.168. The highest BCUT2D eigenvalue weighted by molar-refractivity contribution is 9.10. The minimum atomic E-state index is 0.168. The Hall–Kier alpha value is -1.96. The molecule has 0 unspecified atom stereocenters. The van der Waals surface area contributed by atoms with Crippen molar-refractivity contribution in [2.75, 3.05) is 12.0 Å². The van der Waals surface area contributed by atoms with Crippen molar-refractivity contribution in [2.24, 2.45) is 5.10 Å². The van der Waals surface area contributed by atoms with Crippen LogP contribution in [0.15, 0.2) is 52.0 Å². The van der Waals surface area contributed by atoms with E-state index in [9.17, 15) is 0 Å². The zero-order chi connectivity index (χ0) is 15.1. The molecule has 0 atom stereocenters. The summed E-state index contributed by atoms with van der Waals surface area (Å²) in [7, 11) is 0. The predicted molar refractivity (Wildman–Crippen MR) is 91.1 cm³/mol. The lowest BCUT2D eigenvalue weighted by atomic mass is 10.2. The van der Waals surface area contributed by atoms with E-state index in [-0.39, 0.29) is 6.61 Å². The van der Waals surface area contributed by atoms with Gasteiger partial charge in [0.05, 0.1) is 21.4 Å². The molecule has 0 saturated carbocycles. The molecule has 3 nitrogen and oxygen atoms in total. The van der Waals surface area contributed by atoms with Gasteiger partial charge in [-0.1, -0.05) is 35.7 Å². The quantitative estimate of drug-likeness (QED) is 0.480. The Bertz CT molecular complexity index is 657. The molecule has 0 aliphatic heterocycles. The first kappa shape index (κ1) is 15.4. The molecule has 0 spiro atoms. The Morgan fingerprint density at radius 1 is 1.33 bits per heavy atom. The number of para-hydroxylation sites is 1. The van der Waals surface area contributed by atoms with Gasteiger partial charge in [-0.2, -0.15) is 5.10 Å². The SMILES string of the molecule is C#CCOc1c(Cl)cc(C=NNc2ccccc2)cc1Br. The number of rotatable bonds is 5. The zero-order valence-corrected chi connectivity index (χ0v) is 13.4. The molecular weight excluding hydrogens is 352 g/mol. The molecule has 0 aliphatic carbocycles. The Kier molecular flexibility index (Phi) is 5.68. The third-order valence-electron chi connectivity index (χ3n) is 2.50. The first-order chi connectivity index (χ1) is 10.2. The van der Waals surface area contributed by atoms with Crippen LogP contribution in [0.3, 0.4) is 0 Å². The Morgan fingerprint density at radius 2 is 2.10 bits per heavy atom. The van der Waals surface area contributed by atoms with Crippen molar-refractivity contribution in [3.63, 3.8) is 0 Å². The number of nitrogens with one attached hydrogen (secondary N) is 1. The van der Waals surface area contributed by atoms with Gasteiger partial charge < -0.3 is 4.74 Å². The van der Waals surface area contributed by atoms with Crippen LogP contribution in [0.4, 0.5) is 5.69 Å². The second-order valence-electron chi connectivity index (χ2n) is 4.04. The normalized spacial score (nSPS) is 10.3. The Labute approximate surface area is 137 Å². The lowest BCUT2D eigenvalue weighted by molar-refractivity contribution is 0.368. The Balaban J connectivity index is 2.09. The monoisotopic (exact) mass is 362 g/mol. The van der Waals surface area contributed by atoms with Crippen LogP contribution in [-0.4, -0.2) is 12.8 Å². The second kappa shape index (κ2) is 7.72. The van der Waals surface area contributed by atoms with E-state index >= 15 is 0 Å². The van der Waals surface area contributed by atoms with Crippen molar-refractivity contribution in [1.82, 2.24) is 0 Å². The molecular formula is C16H12BrClN2O. The minimum Gasteiger partial charge on any atom is -0.478 e. The number of hydrogen-bond donors (Lipinski definition) is 1. The molecule has 0 bridgehead atoms.